The van der Waals surface area contributed by atoms with E-state index in [0.29, 0.717) is 0 Å². The summed E-state index contributed by atoms with van der Waals surface area (Å²) < 4.78 is 7.19. The van der Waals surface area contributed by atoms with Crippen LogP contribution in [0.2, 0.25) is 0 Å². The molecule has 0 unspecified atom stereocenters. The van der Waals surface area contributed by atoms with Crippen LogP contribution in [0.15, 0.2) is 156 Å². The van der Waals surface area contributed by atoms with Crippen molar-refractivity contribution in [1.82, 2.24) is 0 Å². The van der Waals surface area contributed by atoms with E-state index in [2.05, 4.69) is 156 Å². The second-order valence-corrected chi connectivity index (χ2v) is 19.1. The van der Waals surface area contributed by atoms with Gasteiger partial charge in [0.15, 0.2) is 0 Å². The van der Waals surface area contributed by atoms with Crippen LogP contribution in [0.4, 0.5) is 0 Å². The van der Waals surface area contributed by atoms with E-state index in [0.717, 1.165) is 0 Å². The molecule has 0 radical (unpaired) electrons. The normalized spacial score (nSPS) is 15.5. The molecule has 0 amide bonds. The quantitative estimate of drug-likeness (QED) is 0.210. The predicted molar refractivity (Wildman–Crippen MR) is 153 cm³/mol. The van der Waals surface area contributed by atoms with Crippen molar-refractivity contribution in [3.05, 3.63) is 172 Å². The Morgan fingerprint density at radius 3 is 1.17 bits per heavy atom. The summed E-state index contributed by atoms with van der Waals surface area (Å²) in [6, 6.07) is 55.5. The van der Waals surface area contributed by atoms with E-state index in [1.54, 1.807) is 0 Å². The minimum atomic E-state index is -3.60. The van der Waals surface area contributed by atoms with Gasteiger partial charge in [-0.15, -0.1) is 0 Å². The summed E-state index contributed by atoms with van der Waals surface area (Å²) in [5.41, 5.74) is 6.64. The molecular formula is C34H27Sb. The van der Waals surface area contributed by atoms with Crippen molar-refractivity contribution < 1.29 is 0 Å². The van der Waals surface area contributed by atoms with Crippen molar-refractivity contribution in [3.8, 4) is 0 Å². The zero-order chi connectivity index (χ0) is 23.5. The zero-order valence-electron chi connectivity index (χ0n) is 19.5. The van der Waals surface area contributed by atoms with Gasteiger partial charge in [-0.2, -0.15) is 0 Å². The third-order valence-corrected chi connectivity index (χ3v) is 19.9. The van der Waals surface area contributed by atoms with E-state index in [-0.39, 0.29) is 0 Å². The van der Waals surface area contributed by atoms with Crippen LogP contribution in [0.25, 0.3) is 14.7 Å². The average Bonchev–Trinajstić information content (AvgIpc) is 3.33. The molecule has 0 saturated heterocycles. The van der Waals surface area contributed by atoms with Gasteiger partial charge in [0.25, 0.3) is 0 Å². The fraction of sp³-hybridized carbons (Fsp3) is 0. The van der Waals surface area contributed by atoms with Crippen LogP contribution in [0.1, 0.15) is 16.7 Å². The van der Waals surface area contributed by atoms with E-state index in [1.807, 2.05) is 0 Å². The number of allylic oxidation sites excluding steroid dienone is 2. The van der Waals surface area contributed by atoms with Crippen LogP contribution in [-0.2, 0) is 0 Å². The molecule has 0 atom stereocenters. The van der Waals surface area contributed by atoms with Crippen LogP contribution in [0.3, 0.4) is 0 Å². The summed E-state index contributed by atoms with van der Waals surface area (Å²) >= 11 is -3.60. The third kappa shape index (κ3) is 3.89. The van der Waals surface area contributed by atoms with Gasteiger partial charge in [0, 0.05) is 0 Å². The molecule has 1 aliphatic rings. The molecule has 0 saturated carbocycles. The molecule has 5 aromatic rings. The van der Waals surface area contributed by atoms with Crippen molar-refractivity contribution in [1.29, 1.82) is 0 Å². The molecule has 168 valence electrons. The van der Waals surface area contributed by atoms with Crippen molar-refractivity contribution in [2.75, 3.05) is 0 Å². The van der Waals surface area contributed by atoms with Gasteiger partial charge in [-0.1, -0.05) is 0 Å². The van der Waals surface area contributed by atoms with Gasteiger partial charge < -0.3 is 0 Å². The van der Waals surface area contributed by atoms with Gasteiger partial charge in [0.1, 0.15) is 0 Å². The van der Waals surface area contributed by atoms with Gasteiger partial charge >= 0.3 is 213 Å². The molecule has 0 fully saturated rings. The molecule has 35 heavy (non-hydrogen) atoms. The van der Waals surface area contributed by atoms with E-state index in [4.69, 9.17) is 0 Å². The van der Waals surface area contributed by atoms with E-state index in [1.165, 1.54) is 38.4 Å². The monoisotopic (exact) mass is 556 g/mol. The Morgan fingerprint density at radius 2 is 0.714 bits per heavy atom. The number of rotatable bonds is 5. The van der Waals surface area contributed by atoms with Crippen LogP contribution < -0.4 is 7.02 Å². The minimum absolute atomic E-state index is 1.28. The van der Waals surface area contributed by atoms with E-state index in [9.17, 15) is 0 Å². The fourth-order valence-electron chi connectivity index (χ4n) is 5.44. The Hall–Kier alpha value is -3.60. The summed E-state index contributed by atoms with van der Waals surface area (Å²) in [6.07, 6.45) is 0. The maximum absolute atomic E-state index is 3.60. The third-order valence-electron chi connectivity index (χ3n) is 6.94. The number of hydrogen-bond donors (Lipinski definition) is 0. The van der Waals surface area contributed by atoms with Gasteiger partial charge in [0.05, 0.1) is 0 Å². The second-order valence-electron chi connectivity index (χ2n) is 8.95. The molecule has 1 heteroatoms. The van der Waals surface area contributed by atoms with Gasteiger partial charge in [0.2, 0.25) is 0 Å². The molecular weight excluding hydrogens is 530 g/mol. The fourth-order valence-corrected chi connectivity index (χ4v) is 19.3. The van der Waals surface area contributed by atoms with E-state index < -0.39 is 18.8 Å². The Kier molecular flexibility index (Phi) is 5.99. The molecule has 0 N–H and O–H groups in total. The predicted octanol–water partition coefficient (Wildman–Crippen LogP) is 6.77. The first-order valence-corrected chi connectivity index (χ1v) is 18.1. The van der Waals surface area contributed by atoms with Gasteiger partial charge in [-0.3, -0.25) is 0 Å². The van der Waals surface area contributed by atoms with Gasteiger partial charge in [-0.05, 0) is 0 Å². The SMILES string of the molecule is [CH]1=C(c2ccccc2)C(c2ccccc2)=[C](c2ccccc2)[SbH]1([c]1ccccc1)[c]1ccccc1. The van der Waals surface area contributed by atoms with Crippen LogP contribution in [-0.4, -0.2) is 18.8 Å². The Labute approximate surface area is 211 Å². The molecule has 0 bridgehead atoms. The molecule has 0 nitrogen and oxygen atoms in total. The van der Waals surface area contributed by atoms with Gasteiger partial charge in [-0.25, -0.2) is 0 Å². The summed E-state index contributed by atoms with van der Waals surface area (Å²) in [4.78, 5) is 0. The molecule has 1 aliphatic heterocycles. The van der Waals surface area contributed by atoms with Crippen molar-refractivity contribution in [3.63, 3.8) is 0 Å². The molecule has 1 heterocycles. The molecule has 0 aliphatic carbocycles. The average molecular weight is 557 g/mol. The number of benzene rings is 5. The van der Waals surface area contributed by atoms with Crippen LogP contribution in [0, 0.1) is 0 Å². The molecule has 0 spiro atoms. The first-order valence-electron chi connectivity index (χ1n) is 12.1. The summed E-state index contributed by atoms with van der Waals surface area (Å²) in [7, 11) is 0. The zero-order valence-corrected chi connectivity index (χ0v) is 22.4. The number of hydrogen-bond acceptors (Lipinski definition) is 0. The molecule has 5 aromatic carbocycles. The summed E-state index contributed by atoms with van der Waals surface area (Å²) in [6.45, 7) is 0. The molecule has 6 rings (SSSR count). The molecule has 0 aromatic heterocycles. The van der Waals surface area contributed by atoms with Crippen molar-refractivity contribution >= 4 is 40.5 Å². The topological polar surface area (TPSA) is 0 Å². The first-order chi connectivity index (χ1) is 17.4. The summed E-state index contributed by atoms with van der Waals surface area (Å²) in [5, 5.41) is 0. The first kappa shape index (κ1) is 21.9. The summed E-state index contributed by atoms with van der Waals surface area (Å²) in [5.74, 6) is 0. The van der Waals surface area contributed by atoms with Crippen LogP contribution >= 0.6 is 0 Å². The van der Waals surface area contributed by atoms with Crippen molar-refractivity contribution in [2.24, 2.45) is 0 Å². The second kappa shape index (κ2) is 9.57. The Morgan fingerprint density at radius 1 is 0.343 bits per heavy atom. The maximum atomic E-state index is 2.71. The van der Waals surface area contributed by atoms with Crippen molar-refractivity contribution in [2.45, 2.75) is 0 Å². The van der Waals surface area contributed by atoms with E-state index >= 15 is 0 Å². The Bertz CT molecular complexity index is 1440. The standard InChI is InChI=1S/C22H16.2C6H5.Sb.H/c1-18(20-13-7-3-8-14-20)22(21-15-9-4-10-16-21)17-19-11-5-2-6-12-19;2*1-2-4-6-5-3-1;;/h1-16H;2*1-5H;;. The van der Waals surface area contributed by atoms with Crippen LogP contribution in [0.5, 0.6) is 0 Å². The Balaban J connectivity index is 1.80.